The number of rotatable bonds is 1. The highest BCUT2D eigenvalue weighted by atomic mass is 16.7. The van der Waals surface area contributed by atoms with E-state index in [1.54, 1.807) is 18.2 Å². The van der Waals surface area contributed by atoms with Gasteiger partial charge in [-0.1, -0.05) is 24.3 Å². The number of piperidine rings is 1. The molecular weight excluding hydrogens is 344 g/mol. The molecule has 5 rings (SSSR count). The number of hydrogen-bond donors (Lipinski definition) is 2. The van der Waals surface area contributed by atoms with E-state index >= 15 is 0 Å². The summed E-state index contributed by atoms with van der Waals surface area (Å²) in [5.74, 6) is 1.26. The van der Waals surface area contributed by atoms with Gasteiger partial charge in [0.05, 0.1) is 12.1 Å². The average Bonchev–Trinajstić information content (AvgIpc) is 3.26. The first kappa shape index (κ1) is 16.6. The third-order valence-corrected chi connectivity index (χ3v) is 6.33. The number of fused-ring (bicyclic) bond motifs is 3. The first-order chi connectivity index (χ1) is 13.1. The number of nitrogens with two attached hydrogens (primary N) is 1. The van der Waals surface area contributed by atoms with E-state index in [0.717, 1.165) is 11.1 Å². The van der Waals surface area contributed by atoms with E-state index in [4.69, 9.17) is 15.2 Å². The third-order valence-electron chi connectivity index (χ3n) is 6.33. The first-order valence-electron chi connectivity index (χ1n) is 9.32. The van der Waals surface area contributed by atoms with Crippen LogP contribution in [0.5, 0.6) is 11.5 Å². The largest absolute Gasteiger partial charge is 0.454 e. The van der Waals surface area contributed by atoms with Gasteiger partial charge in [0.1, 0.15) is 0 Å². The van der Waals surface area contributed by atoms with Gasteiger partial charge in [-0.25, -0.2) is 0 Å². The van der Waals surface area contributed by atoms with Crippen molar-refractivity contribution < 1.29 is 19.4 Å². The van der Waals surface area contributed by atoms with Gasteiger partial charge < -0.3 is 25.2 Å². The zero-order valence-corrected chi connectivity index (χ0v) is 14.9. The SMILES string of the molecule is N[C@@H]1c2ccccc2C2(CCN(C(=O)c3ccc4c(c3)OCO4)CC2)[C@H]1O. The minimum atomic E-state index is -0.613. The van der Waals surface area contributed by atoms with Crippen LogP contribution in [0.4, 0.5) is 0 Å². The van der Waals surface area contributed by atoms with Crippen molar-refractivity contribution in [2.75, 3.05) is 19.9 Å². The second-order valence-electron chi connectivity index (χ2n) is 7.57. The zero-order chi connectivity index (χ0) is 18.6. The summed E-state index contributed by atoms with van der Waals surface area (Å²) in [5.41, 5.74) is 8.68. The molecule has 1 amide bonds. The Hall–Kier alpha value is -2.57. The molecule has 1 fully saturated rings. The fraction of sp³-hybridized carbons (Fsp3) is 0.381. The van der Waals surface area contributed by atoms with Crippen LogP contribution in [0, 0.1) is 0 Å². The number of amides is 1. The lowest BCUT2D eigenvalue weighted by Gasteiger charge is -2.42. The van der Waals surface area contributed by atoms with Crippen molar-refractivity contribution >= 4 is 5.91 Å². The zero-order valence-electron chi connectivity index (χ0n) is 14.9. The van der Waals surface area contributed by atoms with Gasteiger partial charge in [0.15, 0.2) is 11.5 Å². The molecule has 0 saturated carbocycles. The van der Waals surface area contributed by atoms with Crippen LogP contribution in [-0.4, -0.2) is 41.9 Å². The highest BCUT2D eigenvalue weighted by molar-refractivity contribution is 5.95. The summed E-state index contributed by atoms with van der Waals surface area (Å²) in [6.45, 7) is 1.37. The molecule has 140 valence electrons. The van der Waals surface area contributed by atoms with Crippen molar-refractivity contribution in [2.45, 2.75) is 30.4 Å². The molecule has 1 spiro atoms. The van der Waals surface area contributed by atoms with Crippen LogP contribution in [0.25, 0.3) is 0 Å². The molecule has 1 saturated heterocycles. The van der Waals surface area contributed by atoms with Gasteiger partial charge >= 0.3 is 0 Å². The molecule has 27 heavy (non-hydrogen) atoms. The highest BCUT2D eigenvalue weighted by Crippen LogP contribution is 2.50. The van der Waals surface area contributed by atoms with E-state index in [0.29, 0.717) is 43.0 Å². The van der Waals surface area contributed by atoms with Gasteiger partial charge in [-0.2, -0.15) is 0 Å². The Kier molecular flexibility index (Phi) is 3.67. The minimum Gasteiger partial charge on any atom is -0.454 e. The van der Waals surface area contributed by atoms with Crippen LogP contribution >= 0.6 is 0 Å². The molecule has 3 aliphatic rings. The maximum absolute atomic E-state index is 12.9. The van der Waals surface area contributed by atoms with Gasteiger partial charge in [-0.05, 0) is 42.2 Å². The maximum atomic E-state index is 12.9. The van der Waals surface area contributed by atoms with Crippen LogP contribution in [0.1, 0.15) is 40.4 Å². The van der Waals surface area contributed by atoms with Gasteiger partial charge in [0.2, 0.25) is 6.79 Å². The Bertz CT molecular complexity index is 905. The molecule has 6 heteroatoms. The number of aliphatic hydroxyl groups excluding tert-OH is 1. The Morgan fingerprint density at radius 3 is 2.67 bits per heavy atom. The average molecular weight is 366 g/mol. The summed E-state index contributed by atoms with van der Waals surface area (Å²) >= 11 is 0. The predicted octanol–water partition coefficient (Wildman–Crippen LogP) is 1.96. The molecule has 1 aliphatic carbocycles. The van der Waals surface area contributed by atoms with Gasteiger partial charge in [-0.15, -0.1) is 0 Å². The molecular formula is C21H22N2O4. The standard InChI is InChI=1S/C21H22N2O4/c22-18-14-3-1-2-4-15(14)21(19(18)24)7-9-23(10-8-21)20(25)13-5-6-16-17(11-13)27-12-26-16/h1-6,11,18-19,24H,7-10,12,22H2/t18-,19+/m1/s1. The lowest BCUT2D eigenvalue weighted by Crippen LogP contribution is -2.50. The summed E-state index contributed by atoms with van der Waals surface area (Å²) in [4.78, 5) is 14.8. The molecule has 2 aliphatic heterocycles. The van der Waals surface area contributed by atoms with Gasteiger partial charge in [0.25, 0.3) is 5.91 Å². The van der Waals surface area contributed by atoms with E-state index in [2.05, 4.69) is 6.07 Å². The van der Waals surface area contributed by atoms with E-state index in [-0.39, 0.29) is 24.2 Å². The van der Waals surface area contributed by atoms with Crippen LogP contribution < -0.4 is 15.2 Å². The number of carbonyl (C=O) groups excluding carboxylic acids is 1. The summed E-state index contributed by atoms with van der Waals surface area (Å²) in [5, 5.41) is 10.9. The topological polar surface area (TPSA) is 85.0 Å². The molecule has 2 aromatic rings. The van der Waals surface area contributed by atoms with Crippen molar-refractivity contribution in [1.82, 2.24) is 4.90 Å². The smallest absolute Gasteiger partial charge is 0.253 e. The Morgan fingerprint density at radius 1 is 1.11 bits per heavy atom. The quantitative estimate of drug-likeness (QED) is 0.806. The monoisotopic (exact) mass is 366 g/mol. The lowest BCUT2D eigenvalue weighted by molar-refractivity contribution is 0.0262. The number of aliphatic hydroxyl groups is 1. The molecule has 0 radical (unpaired) electrons. The summed E-state index contributed by atoms with van der Waals surface area (Å²) in [7, 11) is 0. The highest BCUT2D eigenvalue weighted by Gasteiger charge is 2.51. The van der Waals surface area contributed by atoms with E-state index in [1.165, 1.54) is 0 Å². The first-order valence-corrected chi connectivity index (χ1v) is 9.32. The van der Waals surface area contributed by atoms with Crippen molar-refractivity contribution in [1.29, 1.82) is 0 Å². The lowest BCUT2D eigenvalue weighted by atomic mass is 9.72. The third kappa shape index (κ3) is 2.37. The number of ether oxygens (including phenoxy) is 2. The molecule has 2 aromatic carbocycles. The summed E-state index contributed by atoms with van der Waals surface area (Å²) in [6, 6.07) is 13.0. The van der Waals surface area contributed by atoms with Crippen molar-refractivity contribution in [3.63, 3.8) is 0 Å². The van der Waals surface area contributed by atoms with Crippen molar-refractivity contribution in [2.24, 2.45) is 5.73 Å². The van der Waals surface area contributed by atoms with Gasteiger partial charge in [-0.3, -0.25) is 4.79 Å². The number of carbonyl (C=O) groups is 1. The molecule has 3 N–H and O–H groups in total. The van der Waals surface area contributed by atoms with Crippen LogP contribution in [0.3, 0.4) is 0 Å². The second-order valence-corrected chi connectivity index (χ2v) is 7.57. The number of nitrogens with zero attached hydrogens (tertiary/aromatic N) is 1. The van der Waals surface area contributed by atoms with Gasteiger partial charge in [0, 0.05) is 24.1 Å². The van der Waals surface area contributed by atoms with E-state index in [9.17, 15) is 9.90 Å². The van der Waals surface area contributed by atoms with Crippen molar-refractivity contribution in [3.8, 4) is 11.5 Å². The molecule has 6 nitrogen and oxygen atoms in total. The molecule has 0 bridgehead atoms. The summed E-state index contributed by atoms with van der Waals surface area (Å²) < 4.78 is 10.7. The molecule has 2 heterocycles. The molecule has 0 aromatic heterocycles. The Labute approximate surface area is 157 Å². The summed E-state index contributed by atoms with van der Waals surface area (Å²) in [6.07, 6.45) is 0.794. The normalized spacial score (nSPS) is 24.9. The van der Waals surface area contributed by atoms with Crippen LogP contribution in [0.2, 0.25) is 0 Å². The Morgan fingerprint density at radius 2 is 1.85 bits per heavy atom. The van der Waals surface area contributed by atoms with Crippen molar-refractivity contribution in [3.05, 3.63) is 59.2 Å². The molecule has 0 unspecified atom stereocenters. The number of likely N-dealkylation sites (tertiary alicyclic amines) is 1. The Balaban J connectivity index is 1.37. The number of benzene rings is 2. The molecule has 2 atom stereocenters. The minimum absolute atomic E-state index is 0.0202. The number of hydrogen-bond acceptors (Lipinski definition) is 5. The fourth-order valence-corrected chi connectivity index (χ4v) is 4.80. The van der Waals surface area contributed by atoms with E-state index in [1.807, 2.05) is 23.1 Å². The predicted molar refractivity (Wildman–Crippen MR) is 98.8 cm³/mol. The fourth-order valence-electron chi connectivity index (χ4n) is 4.80. The van der Waals surface area contributed by atoms with Crippen LogP contribution in [-0.2, 0) is 5.41 Å². The maximum Gasteiger partial charge on any atom is 0.253 e. The van der Waals surface area contributed by atoms with Crippen LogP contribution in [0.15, 0.2) is 42.5 Å². The second kappa shape index (κ2) is 5.97. The van der Waals surface area contributed by atoms with E-state index < -0.39 is 6.10 Å².